The van der Waals surface area contributed by atoms with Gasteiger partial charge in [-0.1, -0.05) is 0 Å². The molecule has 1 aliphatic rings. The van der Waals surface area contributed by atoms with Crippen molar-refractivity contribution in [1.82, 2.24) is 0 Å². The SMILES string of the molecule is COC(=O)C(O)C1CCOC(C)C1. The van der Waals surface area contributed by atoms with Crippen LogP contribution in [-0.4, -0.2) is 37.0 Å². The van der Waals surface area contributed by atoms with E-state index in [1.54, 1.807) is 0 Å². The number of methoxy groups -OCH3 is 1. The van der Waals surface area contributed by atoms with E-state index in [4.69, 9.17) is 4.74 Å². The first kappa shape index (κ1) is 10.5. The summed E-state index contributed by atoms with van der Waals surface area (Å²) >= 11 is 0. The van der Waals surface area contributed by atoms with Crippen LogP contribution in [0.2, 0.25) is 0 Å². The summed E-state index contributed by atoms with van der Waals surface area (Å²) in [5.41, 5.74) is 0. The summed E-state index contributed by atoms with van der Waals surface area (Å²) in [5, 5.41) is 9.53. The van der Waals surface area contributed by atoms with Crippen LogP contribution in [0.15, 0.2) is 0 Å². The van der Waals surface area contributed by atoms with Crippen LogP contribution in [0.4, 0.5) is 0 Å². The molecule has 0 bridgehead atoms. The second-order valence-corrected chi connectivity index (χ2v) is 3.43. The largest absolute Gasteiger partial charge is 0.467 e. The van der Waals surface area contributed by atoms with Crippen molar-refractivity contribution < 1.29 is 19.4 Å². The van der Waals surface area contributed by atoms with Gasteiger partial charge in [0.05, 0.1) is 13.2 Å². The Bertz CT molecular complexity index is 180. The normalized spacial score (nSPS) is 31.0. The van der Waals surface area contributed by atoms with Gasteiger partial charge >= 0.3 is 5.97 Å². The summed E-state index contributed by atoms with van der Waals surface area (Å²) in [6.07, 6.45) is 0.575. The predicted octanol–water partition coefficient (Wildman–Crippen LogP) is 0.335. The monoisotopic (exact) mass is 188 g/mol. The molecule has 0 radical (unpaired) electrons. The Morgan fingerprint density at radius 2 is 2.38 bits per heavy atom. The summed E-state index contributed by atoms with van der Waals surface area (Å²) in [6.45, 7) is 2.55. The minimum atomic E-state index is -0.989. The Morgan fingerprint density at radius 1 is 1.69 bits per heavy atom. The van der Waals surface area contributed by atoms with E-state index in [-0.39, 0.29) is 12.0 Å². The van der Waals surface area contributed by atoms with E-state index in [1.807, 2.05) is 6.92 Å². The summed E-state index contributed by atoms with van der Waals surface area (Å²) < 4.78 is 9.78. The van der Waals surface area contributed by atoms with Gasteiger partial charge in [-0.05, 0) is 19.8 Å². The summed E-state index contributed by atoms with van der Waals surface area (Å²) in [4.78, 5) is 11.0. The molecule has 1 saturated heterocycles. The molecule has 0 aromatic carbocycles. The van der Waals surface area contributed by atoms with Gasteiger partial charge in [0, 0.05) is 12.5 Å². The number of carbonyl (C=O) groups is 1. The minimum absolute atomic E-state index is 0.0174. The van der Waals surface area contributed by atoms with E-state index < -0.39 is 12.1 Å². The number of hydrogen-bond donors (Lipinski definition) is 1. The fourth-order valence-corrected chi connectivity index (χ4v) is 1.63. The fourth-order valence-electron chi connectivity index (χ4n) is 1.63. The van der Waals surface area contributed by atoms with Gasteiger partial charge in [0.1, 0.15) is 0 Å². The highest BCUT2D eigenvalue weighted by molar-refractivity contribution is 5.74. The van der Waals surface area contributed by atoms with Crippen molar-refractivity contribution in [2.75, 3.05) is 13.7 Å². The van der Waals surface area contributed by atoms with Gasteiger partial charge in [-0.2, -0.15) is 0 Å². The standard InChI is InChI=1S/C9H16O4/c1-6-5-7(3-4-13-6)8(10)9(11)12-2/h6-8,10H,3-5H2,1-2H3. The smallest absolute Gasteiger partial charge is 0.334 e. The van der Waals surface area contributed by atoms with Gasteiger partial charge in [-0.25, -0.2) is 4.79 Å². The Hall–Kier alpha value is -0.610. The van der Waals surface area contributed by atoms with Crippen LogP contribution in [0.1, 0.15) is 19.8 Å². The first-order valence-electron chi connectivity index (χ1n) is 4.52. The molecule has 0 spiro atoms. The maximum absolute atomic E-state index is 11.0. The molecular weight excluding hydrogens is 172 g/mol. The number of aliphatic hydroxyl groups excluding tert-OH is 1. The topological polar surface area (TPSA) is 55.8 Å². The number of ether oxygens (including phenoxy) is 2. The van der Waals surface area contributed by atoms with E-state index in [2.05, 4.69) is 4.74 Å². The Labute approximate surface area is 77.8 Å². The fraction of sp³-hybridized carbons (Fsp3) is 0.889. The quantitative estimate of drug-likeness (QED) is 0.635. The number of esters is 1. The van der Waals surface area contributed by atoms with Crippen LogP contribution in [0.3, 0.4) is 0 Å². The molecule has 1 aliphatic heterocycles. The van der Waals surface area contributed by atoms with Crippen LogP contribution in [0.5, 0.6) is 0 Å². The maximum atomic E-state index is 11.0. The van der Waals surface area contributed by atoms with E-state index in [1.165, 1.54) is 7.11 Å². The zero-order valence-corrected chi connectivity index (χ0v) is 8.03. The Morgan fingerprint density at radius 3 is 2.92 bits per heavy atom. The van der Waals surface area contributed by atoms with Crippen molar-refractivity contribution in [2.24, 2.45) is 5.92 Å². The molecule has 1 fully saturated rings. The van der Waals surface area contributed by atoms with Gasteiger partial charge in [-0.3, -0.25) is 0 Å². The molecule has 1 rings (SSSR count). The molecule has 76 valence electrons. The van der Waals surface area contributed by atoms with Crippen LogP contribution < -0.4 is 0 Å². The van der Waals surface area contributed by atoms with E-state index in [0.717, 1.165) is 12.8 Å². The van der Waals surface area contributed by atoms with Gasteiger partial charge in [-0.15, -0.1) is 0 Å². The van der Waals surface area contributed by atoms with Gasteiger partial charge < -0.3 is 14.6 Å². The molecule has 3 atom stereocenters. The summed E-state index contributed by atoms with van der Waals surface area (Å²) in [5.74, 6) is -0.560. The van der Waals surface area contributed by atoms with E-state index in [9.17, 15) is 9.90 Å². The lowest BCUT2D eigenvalue weighted by Gasteiger charge is -2.29. The molecule has 0 amide bonds. The lowest BCUT2D eigenvalue weighted by Crippen LogP contribution is -2.36. The van der Waals surface area contributed by atoms with Gasteiger partial charge in [0.2, 0.25) is 0 Å². The van der Waals surface area contributed by atoms with Crippen molar-refractivity contribution in [3.05, 3.63) is 0 Å². The minimum Gasteiger partial charge on any atom is -0.467 e. The van der Waals surface area contributed by atoms with Gasteiger partial charge in [0.25, 0.3) is 0 Å². The average Bonchev–Trinajstić information content (AvgIpc) is 2.15. The molecule has 1 heterocycles. The van der Waals surface area contributed by atoms with Crippen LogP contribution >= 0.6 is 0 Å². The molecule has 1 N–H and O–H groups in total. The Balaban J connectivity index is 2.45. The van der Waals surface area contributed by atoms with Crippen molar-refractivity contribution >= 4 is 5.97 Å². The van der Waals surface area contributed by atoms with Crippen LogP contribution in [-0.2, 0) is 14.3 Å². The highest BCUT2D eigenvalue weighted by atomic mass is 16.5. The highest BCUT2D eigenvalue weighted by Gasteiger charge is 2.30. The number of rotatable bonds is 2. The van der Waals surface area contributed by atoms with Crippen LogP contribution in [0, 0.1) is 5.92 Å². The van der Waals surface area contributed by atoms with Crippen molar-refractivity contribution in [1.29, 1.82) is 0 Å². The molecule has 0 aromatic rings. The zero-order valence-electron chi connectivity index (χ0n) is 8.03. The molecule has 0 saturated carbocycles. The Kier molecular flexibility index (Phi) is 3.69. The number of hydrogen-bond acceptors (Lipinski definition) is 4. The molecule has 0 aliphatic carbocycles. The second kappa shape index (κ2) is 4.58. The third-order valence-electron chi connectivity index (χ3n) is 2.41. The van der Waals surface area contributed by atoms with Crippen molar-refractivity contribution in [2.45, 2.75) is 32.0 Å². The lowest BCUT2D eigenvalue weighted by atomic mass is 9.91. The van der Waals surface area contributed by atoms with E-state index in [0.29, 0.717) is 6.61 Å². The highest BCUT2D eigenvalue weighted by Crippen LogP contribution is 2.23. The maximum Gasteiger partial charge on any atom is 0.334 e. The molecule has 13 heavy (non-hydrogen) atoms. The zero-order chi connectivity index (χ0) is 9.84. The predicted molar refractivity (Wildman–Crippen MR) is 46.2 cm³/mol. The van der Waals surface area contributed by atoms with E-state index >= 15 is 0 Å². The third-order valence-corrected chi connectivity index (χ3v) is 2.41. The second-order valence-electron chi connectivity index (χ2n) is 3.43. The first-order chi connectivity index (χ1) is 6.15. The summed E-state index contributed by atoms with van der Waals surface area (Å²) in [6, 6.07) is 0. The molecule has 0 aromatic heterocycles. The third kappa shape index (κ3) is 2.67. The van der Waals surface area contributed by atoms with Crippen LogP contribution in [0.25, 0.3) is 0 Å². The lowest BCUT2D eigenvalue weighted by molar-refractivity contribution is -0.156. The molecule has 3 unspecified atom stereocenters. The summed E-state index contributed by atoms with van der Waals surface area (Å²) in [7, 11) is 1.29. The molecule has 4 nitrogen and oxygen atoms in total. The average molecular weight is 188 g/mol. The number of aliphatic hydroxyl groups is 1. The molecule has 4 heteroatoms. The van der Waals surface area contributed by atoms with Crippen molar-refractivity contribution in [3.63, 3.8) is 0 Å². The van der Waals surface area contributed by atoms with Gasteiger partial charge in [0.15, 0.2) is 6.10 Å². The number of carbonyl (C=O) groups excluding carboxylic acids is 1. The van der Waals surface area contributed by atoms with Crippen molar-refractivity contribution in [3.8, 4) is 0 Å². The molecular formula is C9H16O4. The first-order valence-corrected chi connectivity index (χ1v) is 4.52.